The van der Waals surface area contributed by atoms with E-state index >= 15 is 0 Å². The van der Waals surface area contributed by atoms with Gasteiger partial charge in [0.2, 0.25) is 0 Å². The molecule has 0 atom stereocenters. The van der Waals surface area contributed by atoms with Crippen molar-refractivity contribution in [3.63, 3.8) is 0 Å². The molecular formula is C33H42FN3O4. The van der Waals surface area contributed by atoms with Crippen LogP contribution < -0.4 is 4.74 Å². The van der Waals surface area contributed by atoms with Gasteiger partial charge in [-0.1, -0.05) is 17.3 Å². The number of oxime groups is 1. The maximum Gasteiger partial charge on any atom is 0.311 e. The van der Waals surface area contributed by atoms with Crippen molar-refractivity contribution >= 4 is 11.8 Å². The van der Waals surface area contributed by atoms with E-state index in [0.717, 1.165) is 74.7 Å². The van der Waals surface area contributed by atoms with Crippen LogP contribution in [0.4, 0.5) is 4.39 Å². The van der Waals surface area contributed by atoms with Gasteiger partial charge in [-0.3, -0.25) is 9.69 Å². The second kappa shape index (κ2) is 10.9. The second-order valence-corrected chi connectivity index (χ2v) is 12.5. The van der Waals surface area contributed by atoms with E-state index < -0.39 is 5.41 Å². The Morgan fingerprint density at radius 1 is 1.12 bits per heavy atom. The van der Waals surface area contributed by atoms with Crippen LogP contribution in [0.15, 0.2) is 35.5 Å². The molecule has 1 spiro atoms. The van der Waals surface area contributed by atoms with E-state index in [0.29, 0.717) is 19.1 Å². The third-order valence-corrected chi connectivity index (χ3v) is 9.31. The Hall–Kier alpha value is -3.13. The van der Waals surface area contributed by atoms with E-state index in [1.54, 1.807) is 12.1 Å². The highest BCUT2D eigenvalue weighted by atomic mass is 19.1. The van der Waals surface area contributed by atoms with Crippen molar-refractivity contribution in [1.82, 2.24) is 9.80 Å². The predicted octanol–water partition coefficient (Wildman–Crippen LogP) is 6.03. The third-order valence-electron chi connectivity index (χ3n) is 9.31. The topological polar surface area (TPSA) is 63.6 Å². The van der Waals surface area contributed by atoms with Crippen LogP contribution >= 0.6 is 0 Å². The van der Waals surface area contributed by atoms with Gasteiger partial charge in [-0.2, -0.15) is 0 Å². The number of nitrogens with zero attached hydrogens (tertiary/aromatic N) is 3. The molecule has 41 heavy (non-hydrogen) atoms. The molecule has 8 heteroatoms. The normalized spacial score (nSPS) is 21.3. The summed E-state index contributed by atoms with van der Waals surface area (Å²) in [5.74, 6) is 2.19. The number of amidine groups is 1. The van der Waals surface area contributed by atoms with Crippen LogP contribution in [0.5, 0.6) is 5.75 Å². The fourth-order valence-electron chi connectivity index (χ4n) is 6.81. The monoisotopic (exact) mass is 563 g/mol. The Labute approximate surface area is 242 Å². The lowest BCUT2D eigenvalue weighted by atomic mass is 9.80. The van der Waals surface area contributed by atoms with Crippen LogP contribution in [0.3, 0.4) is 0 Å². The lowest BCUT2D eigenvalue weighted by molar-refractivity contribution is -0.156. The smallest absolute Gasteiger partial charge is 0.311 e. The quantitative estimate of drug-likeness (QED) is 0.366. The van der Waals surface area contributed by atoms with E-state index in [2.05, 4.69) is 27.9 Å². The van der Waals surface area contributed by atoms with Crippen LogP contribution in [0.1, 0.15) is 75.5 Å². The summed E-state index contributed by atoms with van der Waals surface area (Å²) in [5, 5.41) is 4.51. The fraction of sp³-hybridized carbons (Fsp3) is 0.576. The first-order valence-corrected chi connectivity index (χ1v) is 15.2. The molecule has 6 rings (SSSR count). The van der Waals surface area contributed by atoms with Crippen LogP contribution in [0.2, 0.25) is 0 Å². The standard InChI is InChI=1S/C33H42FN3O4/c1-5-39-30-22(3)29(24-9-11-26(34)12-10-24)27(23-7-8-23)17-25(30)19-36-20-33(21-36)18-28(35-41-33)37-15-13-32(4,14-16-37)31(38)40-6-2/h9-12,17,23H,5-8,13-16,18-21H2,1-4H3. The van der Waals surface area contributed by atoms with Gasteiger partial charge in [-0.25, -0.2) is 4.39 Å². The average Bonchev–Trinajstić information content (AvgIpc) is 3.70. The van der Waals surface area contributed by atoms with Gasteiger partial charge in [0, 0.05) is 38.3 Å². The molecule has 3 aliphatic heterocycles. The van der Waals surface area contributed by atoms with Crippen molar-refractivity contribution in [3.8, 4) is 16.9 Å². The Morgan fingerprint density at radius 2 is 1.83 bits per heavy atom. The number of ether oxygens (including phenoxy) is 2. The number of esters is 1. The van der Waals surface area contributed by atoms with Crippen LogP contribution in [0, 0.1) is 18.2 Å². The van der Waals surface area contributed by atoms with E-state index in [4.69, 9.17) is 14.3 Å². The maximum atomic E-state index is 13.7. The largest absolute Gasteiger partial charge is 0.493 e. The summed E-state index contributed by atoms with van der Waals surface area (Å²) in [5.41, 5.74) is 5.25. The van der Waals surface area contributed by atoms with E-state index in [-0.39, 0.29) is 17.4 Å². The number of carbonyl (C=O) groups is 1. The number of carbonyl (C=O) groups excluding carboxylic acids is 1. The molecule has 0 amide bonds. The van der Waals surface area contributed by atoms with Crippen molar-refractivity contribution in [2.24, 2.45) is 10.6 Å². The Bertz CT molecular complexity index is 1320. The number of rotatable bonds is 8. The lowest BCUT2D eigenvalue weighted by Crippen LogP contribution is -2.61. The molecule has 2 aromatic carbocycles. The molecule has 2 saturated heterocycles. The second-order valence-electron chi connectivity index (χ2n) is 12.5. The van der Waals surface area contributed by atoms with Gasteiger partial charge in [0.15, 0.2) is 5.60 Å². The number of benzene rings is 2. The molecule has 0 unspecified atom stereocenters. The first kappa shape index (κ1) is 28.0. The predicted molar refractivity (Wildman–Crippen MR) is 156 cm³/mol. The zero-order valence-corrected chi connectivity index (χ0v) is 24.8. The molecule has 220 valence electrons. The number of piperidine rings is 1. The van der Waals surface area contributed by atoms with E-state index in [1.807, 2.05) is 32.9 Å². The van der Waals surface area contributed by atoms with E-state index in [9.17, 15) is 9.18 Å². The van der Waals surface area contributed by atoms with Gasteiger partial charge >= 0.3 is 5.97 Å². The van der Waals surface area contributed by atoms with E-state index in [1.165, 1.54) is 29.5 Å². The summed E-state index contributed by atoms with van der Waals surface area (Å²) < 4.78 is 25.3. The Balaban J connectivity index is 1.12. The maximum absolute atomic E-state index is 13.7. The zero-order chi connectivity index (χ0) is 28.8. The fourth-order valence-corrected chi connectivity index (χ4v) is 6.81. The summed E-state index contributed by atoms with van der Waals surface area (Å²) in [6.07, 6.45) is 4.71. The minimum Gasteiger partial charge on any atom is -0.493 e. The third kappa shape index (κ3) is 5.43. The molecule has 1 saturated carbocycles. The number of halogens is 1. The minimum absolute atomic E-state index is 0.0902. The molecule has 4 aliphatic rings. The SMILES string of the molecule is CCOC(=O)C1(C)CCN(C2=NOC3(C2)CN(Cc2cc(C4CC4)c(-c4ccc(F)cc4)c(C)c2OCC)C3)CC1. The summed E-state index contributed by atoms with van der Waals surface area (Å²) in [7, 11) is 0. The van der Waals surface area contributed by atoms with Gasteiger partial charge in [0.1, 0.15) is 17.4 Å². The molecule has 2 aromatic rings. The Kier molecular flexibility index (Phi) is 7.47. The Morgan fingerprint density at radius 3 is 2.46 bits per heavy atom. The van der Waals surface area contributed by atoms with Crippen LogP contribution in [-0.2, 0) is 20.9 Å². The van der Waals surface area contributed by atoms with Crippen molar-refractivity contribution < 1.29 is 23.5 Å². The van der Waals surface area contributed by atoms with Gasteiger partial charge in [0.25, 0.3) is 0 Å². The van der Waals surface area contributed by atoms with Gasteiger partial charge in [-0.15, -0.1) is 0 Å². The molecule has 0 radical (unpaired) electrons. The van der Waals surface area contributed by atoms with Crippen LogP contribution in [-0.4, -0.2) is 66.6 Å². The summed E-state index contributed by atoms with van der Waals surface area (Å²) in [6, 6.07) is 9.19. The lowest BCUT2D eigenvalue weighted by Gasteiger charge is -2.46. The molecule has 3 heterocycles. The molecule has 0 aromatic heterocycles. The highest BCUT2D eigenvalue weighted by Crippen LogP contribution is 2.49. The van der Waals surface area contributed by atoms with Gasteiger partial charge < -0.3 is 19.2 Å². The zero-order valence-electron chi connectivity index (χ0n) is 24.8. The van der Waals surface area contributed by atoms with Gasteiger partial charge in [0.05, 0.1) is 25.0 Å². The summed E-state index contributed by atoms with van der Waals surface area (Å²) in [4.78, 5) is 23.2. The molecule has 3 fully saturated rings. The average molecular weight is 564 g/mol. The highest BCUT2D eigenvalue weighted by Gasteiger charge is 2.51. The molecule has 0 N–H and O–H groups in total. The highest BCUT2D eigenvalue weighted by molar-refractivity contribution is 5.85. The number of hydrogen-bond acceptors (Lipinski definition) is 7. The molecule has 0 bridgehead atoms. The van der Waals surface area contributed by atoms with Crippen molar-refractivity contribution in [2.45, 2.75) is 77.9 Å². The van der Waals surface area contributed by atoms with Crippen LogP contribution in [0.25, 0.3) is 11.1 Å². The first-order valence-electron chi connectivity index (χ1n) is 15.2. The molecular weight excluding hydrogens is 521 g/mol. The number of hydrogen-bond donors (Lipinski definition) is 0. The minimum atomic E-state index is -0.417. The van der Waals surface area contributed by atoms with Crippen molar-refractivity contribution in [1.29, 1.82) is 0 Å². The van der Waals surface area contributed by atoms with Crippen molar-refractivity contribution in [3.05, 3.63) is 52.8 Å². The summed E-state index contributed by atoms with van der Waals surface area (Å²) >= 11 is 0. The molecule has 1 aliphatic carbocycles. The summed E-state index contributed by atoms with van der Waals surface area (Å²) in [6.45, 7) is 13.1. The molecule has 7 nitrogen and oxygen atoms in total. The van der Waals surface area contributed by atoms with Crippen molar-refractivity contribution in [2.75, 3.05) is 39.4 Å². The van der Waals surface area contributed by atoms with Gasteiger partial charge in [-0.05, 0) is 99.7 Å². The number of likely N-dealkylation sites (tertiary alicyclic amines) is 2. The first-order chi connectivity index (χ1) is 19.7.